The summed E-state index contributed by atoms with van der Waals surface area (Å²) in [5.41, 5.74) is 0.819. The van der Waals surface area contributed by atoms with Crippen LogP contribution in [-0.4, -0.2) is 27.7 Å². The quantitative estimate of drug-likeness (QED) is 0.796. The fourth-order valence-electron chi connectivity index (χ4n) is 1.68. The molecule has 1 aromatic rings. The van der Waals surface area contributed by atoms with Gasteiger partial charge < -0.3 is 10.4 Å². The Kier molecular flexibility index (Phi) is 5.15. The van der Waals surface area contributed by atoms with Gasteiger partial charge in [-0.25, -0.2) is 9.97 Å². The van der Waals surface area contributed by atoms with E-state index in [1.54, 1.807) is 6.92 Å². The second kappa shape index (κ2) is 6.17. The Balaban J connectivity index is 2.85. The number of halogens is 1. The van der Waals surface area contributed by atoms with E-state index in [0.29, 0.717) is 22.7 Å². The maximum atomic E-state index is 9.33. The minimum absolute atomic E-state index is 0.000864. The van der Waals surface area contributed by atoms with Gasteiger partial charge in [0.1, 0.15) is 16.8 Å². The largest absolute Gasteiger partial charge is 0.394 e. The third-order valence-electron chi connectivity index (χ3n) is 2.52. The minimum atomic E-state index is -0.000864. The van der Waals surface area contributed by atoms with Crippen LogP contribution in [0.4, 0.5) is 5.82 Å². The molecule has 0 aliphatic carbocycles. The van der Waals surface area contributed by atoms with Crippen molar-refractivity contribution in [1.82, 2.24) is 9.97 Å². The molecule has 0 spiro atoms. The molecule has 1 heterocycles. The van der Waals surface area contributed by atoms with Gasteiger partial charge in [-0.3, -0.25) is 0 Å². The molecule has 1 aromatic heterocycles. The summed E-state index contributed by atoms with van der Waals surface area (Å²) in [6, 6.07) is -0.000864. The highest BCUT2D eigenvalue weighted by molar-refractivity contribution is 6.30. The van der Waals surface area contributed by atoms with Gasteiger partial charge in [0, 0.05) is 5.56 Å². The number of aromatic nitrogens is 2. The van der Waals surface area contributed by atoms with Gasteiger partial charge in [0.2, 0.25) is 0 Å². The highest BCUT2D eigenvalue weighted by atomic mass is 35.5. The molecular formula is C12H20ClN3O. The highest BCUT2D eigenvalue weighted by Gasteiger charge is 2.13. The van der Waals surface area contributed by atoms with Crippen LogP contribution in [0.2, 0.25) is 5.15 Å². The van der Waals surface area contributed by atoms with Crippen molar-refractivity contribution in [2.24, 2.45) is 5.92 Å². The lowest BCUT2D eigenvalue weighted by Crippen LogP contribution is -2.26. The number of aliphatic hydroxyl groups excluding tert-OH is 1. The number of nitrogens with one attached hydrogen (secondary N) is 1. The molecule has 0 bridgehead atoms. The molecule has 0 fully saturated rings. The average Bonchev–Trinajstić information content (AvgIpc) is 2.23. The Morgan fingerprint density at radius 3 is 2.47 bits per heavy atom. The highest BCUT2D eigenvalue weighted by Crippen LogP contribution is 2.21. The van der Waals surface area contributed by atoms with Crippen LogP contribution in [0.5, 0.6) is 0 Å². The smallest absolute Gasteiger partial charge is 0.137 e. The molecule has 1 atom stereocenters. The molecule has 0 amide bonds. The van der Waals surface area contributed by atoms with E-state index in [9.17, 15) is 5.11 Å². The van der Waals surface area contributed by atoms with Gasteiger partial charge in [-0.1, -0.05) is 25.4 Å². The Bertz CT molecular complexity index is 382. The van der Waals surface area contributed by atoms with E-state index in [1.165, 1.54) is 0 Å². The van der Waals surface area contributed by atoms with Crippen LogP contribution < -0.4 is 5.32 Å². The first-order chi connectivity index (χ1) is 7.93. The monoisotopic (exact) mass is 257 g/mol. The molecule has 1 rings (SSSR count). The van der Waals surface area contributed by atoms with Crippen LogP contribution in [0, 0.1) is 19.8 Å². The Hall–Kier alpha value is -0.870. The van der Waals surface area contributed by atoms with Gasteiger partial charge in [0.05, 0.1) is 12.6 Å². The van der Waals surface area contributed by atoms with Gasteiger partial charge in [0.25, 0.3) is 0 Å². The number of nitrogens with zero attached hydrogens (tertiary/aromatic N) is 2. The molecule has 0 saturated carbocycles. The summed E-state index contributed by atoms with van der Waals surface area (Å²) in [4.78, 5) is 8.39. The summed E-state index contributed by atoms with van der Waals surface area (Å²) >= 11 is 6.00. The van der Waals surface area contributed by atoms with Crippen molar-refractivity contribution < 1.29 is 5.11 Å². The second-order valence-electron chi connectivity index (χ2n) is 4.69. The number of anilines is 1. The van der Waals surface area contributed by atoms with Crippen LogP contribution in [-0.2, 0) is 0 Å². The second-order valence-corrected chi connectivity index (χ2v) is 5.05. The van der Waals surface area contributed by atoms with Crippen molar-refractivity contribution in [2.75, 3.05) is 11.9 Å². The van der Waals surface area contributed by atoms with E-state index in [1.807, 2.05) is 6.92 Å². The zero-order valence-corrected chi connectivity index (χ0v) is 11.5. The summed E-state index contributed by atoms with van der Waals surface area (Å²) in [5.74, 6) is 1.85. The normalized spacial score (nSPS) is 12.9. The lowest BCUT2D eigenvalue weighted by molar-refractivity contribution is 0.259. The van der Waals surface area contributed by atoms with E-state index < -0.39 is 0 Å². The topological polar surface area (TPSA) is 58.0 Å². The predicted octanol–water partition coefficient (Wildman–Crippen LogP) is 2.57. The number of hydrogen-bond acceptors (Lipinski definition) is 4. The molecule has 0 saturated heterocycles. The molecule has 4 nitrogen and oxygen atoms in total. The first kappa shape index (κ1) is 14.2. The zero-order valence-electron chi connectivity index (χ0n) is 10.8. The summed E-state index contributed by atoms with van der Waals surface area (Å²) < 4.78 is 0. The van der Waals surface area contributed by atoms with Gasteiger partial charge in [-0.2, -0.15) is 0 Å². The Morgan fingerprint density at radius 2 is 1.94 bits per heavy atom. The van der Waals surface area contributed by atoms with Crippen LogP contribution in [0.25, 0.3) is 0 Å². The third kappa shape index (κ3) is 4.13. The zero-order chi connectivity index (χ0) is 13.0. The third-order valence-corrected chi connectivity index (χ3v) is 2.88. The van der Waals surface area contributed by atoms with Gasteiger partial charge in [0.15, 0.2) is 0 Å². The van der Waals surface area contributed by atoms with Crippen LogP contribution in [0.3, 0.4) is 0 Å². The van der Waals surface area contributed by atoms with Crippen molar-refractivity contribution in [2.45, 2.75) is 40.2 Å². The first-order valence-corrected chi connectivity index (χ1v) is 6.20. The van der Waals surface area contributed by atoms with E-state index >= 15 is 0 Å². The van der Waals surface area contributed by atoms with E-state index in [2.05, 4.69) is 29.1 Å². The molecule has 96 valence electrons. The molecule has 2 N–H and O–H groups in total. The standard InChI is InChI=1S/C12H20ClN3O/c1-7(2)5-10(6-17)16-12-8(3)11(13)14-9(4)15-12/h7,10,17H,5-6H2,1-4H3,(H,14,15,16). The first-order valence-electron chi connectivity index (χ1n) is 5.82. The summed E-state index contributed by atoms with van der Waals surface area (Å²) in [6.07, 6.45) is 0.886. The molecule has 1 unspecified atom stereocenters. The summed E-state index contributed by atoms with van der Waals surface area (Å²) in [7, 11) is 0. The van der Waals surface area contributed by atoms with E-state index in [4.69, 9.17) is 11.6 Å². The fourth-order valence-corrected chi connectivity index (χ4v) is 1.89. The Labute approximate surface area is 107 Å². The SMILES string of the molecule is Cc1nc(Cl)c(C)c(NC(CO)CC(C)C)n1. The number of rotatable bonds is 5. The van der Waals surface area contributed by atoms with Crippen molar-refractivity contribution in [3.05, 3.63) is 16.5 Å². The molecule has 17 heavy (non-hydrogen) atoms. The predicted molar refractivity (Wildman–Crippen MR) is 70.5 cm³/mol. The molecular weight excluding hydrogens is 238 g/mol. The maximum absolute atomic E-state index is 9.33. The number of aryl methyl sites for hydroxylation is 1. The molecule has 0 aliphatic rings. The van der Waals surface area contributed by atoms with Crippen molar-refractivity contribution in [1.29, 1.82) is 0 Å². The molecule has 0 aliphatic heterocycles. The average molecular weight is 258 g/mol. The minimum Gasteiger partial charge on any atom is -0.394 e. The maximum Gasteiger partial charge on any atom is 0.137 e. The summed E-state index contributed by atoms with van der Waals surface area (Å²) in [5, 5.41) is 13.0. The van der Waals surface area contributed by atoms with Gasteiger partial charge in [-0.05, 0) is 26.2 Å². The van der Waals surface area contributed by atoms with E-state index in [-0.39, 0.29) is 12.6 Å². The van der Waals surface area contributed by atoms with E-state index in [0.717, 1.165) is 12.0 Å². The van der Waals surface area contributed by atoms with Crippen molar-refractivity contribution in [3.63, 3.8) is 0 Å². The molecule has 5 heteroatoms. The summed E-state index contributed by atoms with van der Waals surface area (Å²) in [6.45, 7) is 7.99. The van der Waals surface area contributed by atoms with Crippen LogP contribution in [0.15, 0.2) is 0 Å². The fraction of sp³-hybridized carbons (Fsp3) is 0.667. The van der Waals surface area contributed by atoms with Crippen LogP contribution >= 0.6 is 11.6 Å². The number of hydrogen-bond donors (Lipinski definition) is 2. The van der Waals surface area contributed by atoms with Gasteiger partial charge >= 0.3 is 0 Å². The lowest BCUT2D eigenvalue weighted by atomic mass is 10.0. The van der Waals surface area contributed by atoms with Gasteiger partial charge in [-0.15, -0.1) is 0 Å². The van der Waals surface area contributed by atoms with Crippen molar-refractivity contribution >= 4 is 17.4 Å². The molecule has 0 radical (unpaired) electrons. The Morgan fingerprint density at radius 1 is 1.29 bits per heavy atom. The van der Waals surface area contributed by atoms with Crippen molar-refractivity contribution in [3.8, 4) is 0 Å². The lowest BCUT2D eigenvalue weighted by Gasteiger charge is -2.20. The molecule has 0 aromatic carbocycles. The van der Waals surface area contributed by atoms with Crippen LogP contribution in [0.1, 0.15) is 31.7 Å². The number of aliphatic hydroxyl groups is 1.